The lowest BCUT2D eigenvalue weighted by Gasteiger charge is -2.15. The van der Waals surface area contributed by atoms with Crippen molar-refractivity contribution in [3.05, 3.63) is 0 Å². The smallest absolute Gasteiger partial charge is 0.232 e. The molecule has 0 rings (SSSR count). The third-order valence-corrected chi connectivity index (χ3v) is 3.09. The van der Waals surface area contributed by atoms with Crippen LogP contribution in [-0.4, -0.2) is 26.9 Å². The van der Waals surface area contributed by atoms with Crippen LogP contribution in [0.4, 0.5) is 0 Å². The summed E-state index contributed by atoms with van der Waals surface area (Å²) in [5.41, 5.74) is 0. The molecule has 13 heavy (non-hydrogen) atoms. The van der Waals surface area contributed by atoms with Gasteiger partial charge in [-0.05, 0) is 19.3 Å². The van der Waals surface area contributed by atoms with Crippen LogP contribution in [0, 0.1) is 5.92 Å². The number of halogens is 1. The maximum Gasteiger partial charge on any atom is 0.232 e. The Balaban J connectivity index is 3.47. The number of hydrogen-bond acceptors (Lipinski definition) is 3. The van der Waals surface area contributed by atoms with Crippen molar-refractivity contribution in [1.29, 1.82) is 0 Å². The van der Waals surface area contributed by atoms with Crippen LogP contribution in [0.2, 0.25) is 0 Å². The Hall–Kier alpha value is 0.200. The van der Waals surface area contributed by atoms with Gasteiger partial charge < -0.3 is 4.74 Å². The molecule has 5 heteroatoms. The molecule has 0 saturated heterocycles. The molecule has 0 radical (unpaired) electrons. The lowest BCUT2D eigenvalue weighted by Crippen LogP contribution is -2.17. The maximum absolute atomic E-state index is 10.5. The van der Waals surface area contributed by atoms with E-state index >= 15 is 0 Å². The van der Waals surface area contributed by atoms with Gasteiger partial charge in [-0.2, -0.15) is 0 Å². The van der Waals surface area contributed by atoms with Crippen LogP contribution in [0.1, 0.15) is 27.2 Å². The van der Waals surface area contributed by atoms with Crippen molar-refractivity contribution in [1.82, 2.24) is 0 Å². The Kier molecular flexibility index (Phi) is 5.92. The molecule has 0 saturated carbocycles. The third-order valence-electron chi connectivity index (χ3n) is 1.85. The molecule has 1 atom stereocenters. The predicted molar refractivity (Wildman–Crippen MR) is 54.5 cm³/mol. The van der Waals surface area contributed by atoms with Gasteiger partial charge in [0.2, 0.25) is 9.05 Å². The second kappa shape index (κ2) is 5.83. The summed E-state index contributed by atoms with van der Waals surface area (Å²) >= 11 is 0. The maximum atomic E-state index is 10.5. The van der Waals surface area contributed by atoms with Crippen molar-refractivity contribution < 1.29 is 13.2 Å². The molecule has 0 heterocycles. The monoisotopic (exact) mass is 228 g/mol. The Morgan fingerprint density at radius 3 is 2.23 bits per heavy atom. The molecule has 0 aromatic rings. The lowest BCUT2D eigenvalue weighted by molar-refractivity contribution is 0.0362. The summed E-state index contributed by atoms with van der Waals surface area (Å²) in [5, 5.41) is 0. The molecule has 3 nitrogen and oxygen atoms in total. The van der Waals surface area contributed by atoms with Crippen LogP contribution in [0.15, 0.2) is 0 Å². The van der Waals surface area contributed by atoms with Crippen molar-refractivity contribution in [3.63, 3.8) is 0 Å². The SMILES string of the molecule is CC(C)C(C)OCCCS(=O)(=O)Cl. The van der Waals surface area contributed by atoms with Crippen molar-refractivity contribution in [2.24, 2.45) is 5.92 Å². The van der Waals surface area contributed by atoms with Gasteiger partial charge in [-0.15, -0.1) is 0 Å². The molecule has 0 aliphatic carbocycles. The number of ether oxygens (including phenoxy) is 1. The van der Waals surface area contributed by atoms with Crippen molar-refractivity contribution >= 4 is 19.7 Å². The van der Waals surface area contributed by atoms with E-state index in [0.29, 0.717) is 18.9 Å². The fraction of sp³-hybridized carbons (Fsp3) is 1.00. The number of rotatable bonds is 6. The highest BCUT2D eigenvalue weighted by atomic mass is 35.7. The molecule has 0 bridgehead atoms. The second-order valence-corrected chi connectivity index (χ2v) is 6.31. The van der Waals surface area contributed by atoms with Crippen LogP contribution >= 0.6 is 10.7 Å². The Morgan fingerprint density at radius 2 is 1.85 bits per heavy atom. The van der Waals surface area contributed by atoms with Crippen molar-refractivity contribution in [2.75, 3.05) is 12.4 Å². The molecule has 0 N–H and O–H groups in total. The number of hydrogen-bond donors (Lipinski definition) is 0. The summed E-state index contributed by atoms with van der Waals surface area (Å²) in [5.74, 6) is 0.437. The van der Waals surface area contributed by atoms with E-state index in [9.17, 15) is 8.42 Å². The van der Waals surface area contributed by atoms with Crippen molar-refractivity contribution in [3.8, 4) is 0 Å². The Morgan fingerprint density at radius 1 is 1.31 bits per heavy atom. The van der Waals surface area contributed by atoms with Gasteiger partial charge in [0.15, 0.2) is 0 Å². The Labute approximate surface area is 84.8 Å². The third kappa shape index (κ3) is 8.53. The van der Waals surface area contributed by atoms with Crippen molar-refractivity contribution in [2.45, 2.75) is 33.3 Å². The molecule has 0 aliphatic rings. The van der Waals surface area contributed by atoms with E-state index in [4.69, 9.17) is 15.4 Å². The summed E-state index contributed by atoms with van der Waals surface area (Å²) in [6.45, 7) is 6.54. The molecule has 0 fully saturated rings. The molecule has 1 unspecified atom stereocenters. The fourth-order valence-corrected chi connectivity index (χ4v) is 1.48. The topological polar surface area (TPSA) is 43.4 Å². The van der Waals surface area contributed by atoms with Gasteiger partial charge in [-0.25, -0.2) is 8.42 Å². The predicted octanol–water partition coefficient (Wildman–Crippen LogP) is 2.01. The largest absolute Gasteiger partial charge is 0.378 e. The summed E-state index contributed by atoms with van der Waals surface area (Å²) in [6, 6.07) is 0. The standard InChI is InChI=1S/C8H17ClO3S/c1-7(2)8(3)12-5-4-6-13(9,10)11/h7-8H,4-6H2,1-3H3. The van der Waals surface area contributed by atoms with E-state index in [1.807, 2.05) is 6.92 Å². The van der Waals surface area contributed by atoms with Crippen LogP contribution < -0.4 is 0 Å². The summed E-state index contributed by atoms with van der Waals surface area (Å²) < 4.78 is 26.4. The Bertz CT molecular complexity index is 224. The zero-order chi connectivity index (χ0) is 10.5. The van der Waals surface area contributed by atoms with Gasteiger partial charge >= 0.3 is 0 Å². The van der Waals surface area contributed by atoms with Crippen LogP contribution in [0.25, 0.3) is 0 Å². The first kappa shape index (κ1) is 13.2. The summed E-state index contributed by atoms with van der Waals surface area (Å²) in [6.07, 6.45) is 0.626. The minimum atomic E-state index is -3.35. The van der Waals surface area contributed by atoms with Crippen LogP contribution in [0.5, 0.6) is 0 Å². The average Bonchev–Trinajstić information content (AvgIpc) is 1.95. The molecule has 0 aliphatic heterocycles. The molecule has 80 valence electrons. The van der Waals surface area contributed by atoms with Crippen LogP contribution in [0.3, 0.4) is 0 Å². The first-order valence-corrected chi connectivity index (χ1v) is 6.84. The van der Waals surface area contributed by atoms with Crippen LogP contribution in [-0.2, 0) is 13.8 Å². The normalized spacial score (nSPS) is 14.8. The van der Waals surface area contributed by atoms with Gasteiger partial charge in [0, 0.05) is 17.3 Å². The zero-order valence-corrected chi connectivity index (χ0v) is 9.86. The quantitative estimate of drug-likeness (QED) is 0.516. The summed E-state index contributed by atoms with van der Waals surface area (Å²) in [4.78, 5) is 0. The lowest BCUT2D eigenvalue weighted by atomic mass is 10.1. The highest BCUT2D eigenvalue weighted by molar-refractivity contribution is 8.13. The molecular formula is C8H17ClO3S. The molecule has 0 amide bonds. The zero-order valence-electron chi connectivity index (χ0n) is 8.29. The van der Waals surface area contributed by atoms with Gasteiger partial charge in [-0.1, -0.05) is 13.8 Å². The average molecular weight is 229 g/mol. The molecule has 0 spiro atoms. The first-order valence-electron chi connectivity index (χ1n) is 4.37. The highest BCUT2D eigenvalue weighted by Crippen LogP contribution is 2.06. The minimum absolute atomic E-state index is 0.0145. The van der Waals surface area contributed by atoms with E-state index in [1.54, 1.807) is 0 Å². The molecule has 0 aromatic heterocycles. The van der Waals surface area contributed by atoms with Gasteiger partial charge in [-0.3, -0.25) is 0 Å². The van der Waals surface area contributed by atoms with E-state index in [-0.39, 0.29) is 11.9 Å². The summed E-state index contributed by atoms with van der Waals surface area (Å²) in [7, 11) is 1.68. The fourth-order valence-electron chi connectivity index (χ4n) is 0.693. The molecular weight excluding hydrogens is 212 g/mol. The van der Waals surface area contributed by atoms with Gasteiger partial charge in [0.25, 0.3) is 0 Å². The van der Waals surface area contributed by atoms with E-state index in [0.717, 1.165) is 0 Å². The second-order valence-electron chi connectivity index (χ2n) is 3.42. The highest BCUT2D eigenvalue weighted by Gasteiger charge is 2.08. The van der Waals surface area contributed by atoms with E-state index < -0.39 is 9.05 Å². The van der Waals surface area contributed by atoms with E-state index in [1.165, 1.54) is 0 Å². The van der Waals surface area contributed by atoms with Gasteiger partial charge in [0.05, 0.1) is 11.9 Å². The minimum Gasteiger partial charge on any atom is -0.378 e. The first-order chi connectivity index (χ1) is 5.83. The van der Waals surface area contributed by atoms with E-state index in [2.05, 4.69) is 13.8 Å². The van der Waals surface area contributed by atoms with Gasteiger partial charge in [0.1, 0.15) is 0 Å². The molecule has 0 aromatic carbocycles.